The Morgan fingerprint density at radius 3 is 3.12 bits per heavy atom. The molecule has 1 atom stereocenters. The van der Waals surface area contributed by atoms with E-state index in [4.69, 9.17) is 4.74 Å². The number of nitrogens with one attached hydrogen (secondary N) is 1. The van der Waals surface area contributed by atoms with Crippen molar-refractivity contribution in [3.8, 4) is 0 Å². The third-order valence-electron chi connectivity index (χ3n) is 2.64. The van der Waals surface area contributed by atoms with Crippen LogP contribution in [0.5, 0.6) is 0 Å². The number of hydrogen-bond donors (Lipinski definition) is 1. The van der Waals surface area contributed by atoms with Gasteiger partial charge in [0.2, 0.25) is 5.56 Å². The van der Waals surface area contributed by atoms with E-state index >= 15 is 0 Å². The van der Waals surface area contributed by atoms with E-state index in [1.165, 1.54) is 0 Å². The fourth-order valence-electron chi connectivity index (χ4n) is 1.67. The molecule has 0 saturated carbocycles. The summed E-state index contributed by atoms with van der Waals surface area (Å²) in [6.45, 7) is 0.766. The highest BCUT2D eigenvalue weighted by atomic mass is 16.5. The van der Waals surface area contributed by atoms with Crippen molar-refractivity contribution in [1.82, 2.24) is 4.57 Å². The fraction of sp³-hybridized carbons (Fsp3) is 0.417. The van der Waals surface area contributed by atoms with Gasteiger partial charge in [-0.3, -0.25) is 4.79 Å². The van der Waals surface area contributed by atoms with Crippen molar-refractivity contribution < 1.29 is 4.74 Å². The molecule has 0 saturated heterocycles. The van der Waals surface area contributed by atoms with Gasteiger partial charge in [-0.1, -0.05) is 0 Å². The van der Waals surface area contributed by atoms with Gasteiger partial charge in [0, 0.05) is 19.3 Å². The maximum absolute atomic E-state index is 11.2. The van der Waals surface area contributed by atoms with Crippen LogP contribution in [-0.4, -0.2) is 17.2 Å². The van der Waals surface area contributed by atoms with E-state index in [1.807, 2.05) is 6.08 Å². The van der Waals surface area contributed by atoms with Gasteiger partial charge in [0.05, 0.1) is 18.5 Å². The highest BCUT2D eigenvalue weighted by Gasteiger charge is 2.10. The van der Waals surface area contributed by atoms with Crippen molar-refractivity contribution in [1.29, 1.82) is 0 Å². The quantitative estimate of drug-likeness (QED) is 0.839. The van der Waals surface area contributed by atoms with E-state index in [0.717, 1.165) is 25.1 Å². The largest absolute Gasteiger partial charge is 0.497 e. The first-order chi connectivity index (χ1) is 7.75. The molecule has 0 spiro atoms. The van der Waals surface area contributed by atoms with Crippen molar-refractivity contribution in [2.24, 2.45) is 7.05 Å². The van der Waals surface area contributed by atoms with Crippen molar-refractivity contribution in [2.75, 3.05) is 11.9 Å². The number of hydrogen-bond acceptors (Lipinski definition) is 3. The highest BCUT2D eigenvalue weighted by molar-refractivity contribution is 5.40. The molecule has 0 bridgehead atoms. The zero-order chi connectivity index (χ0) is 11.4. The van der Waals surface area contributed by atoms with Gasteiger partial charge in [0.25, 0.3) is 0 Å². The zero-order valence-electron chi connectivity index (χ0n) is 9.35. The Labute approximate surface area is 94.5 Å². The Morgan fingerprint density at radius 1 is 1.56 bits per heavy atom. The van der Waals surface area contributed by atoms with Crippen LogP contribution in [0.4, 0.5) is 5.69 Å². The van der Waals surface area contributed by atoms with Crippen LogP contribution in [-0.2, 0) is 11.8 Å². The Kier molecular flexibility index (Phi) is 3.29. The predicted molar refractivity (Wildman–Crippen MR) is 63.4 cm³/mol. The van der Waals surface area contributed by atoms with Gasteiger partial charge in [0.15, 0.2) is 0 Å². The summed E-state index contributed by atoms with van der Waals surface area (Å²) in [6.07, 6.45) is 7.91. The van der Waals surface area contributed by atoms with E-state index in [2.05, 4.69) is 5.32 Å². The molecular formula is C12H16N2O2. The molecule has 1 aromatic rings. The van der Waals surface area contributed by atoms with Gasteiger partial charge in [-0.2, -0.15) is 0 Å². The van der Waals surface area contributed by atoms with E-state index < -0.39 is 0 Å². The van der Waals surface area contributed by atoms with E-state index in [0.29, 0.717) is 0 Å². The standard InChI is InChI=1S/C12H16N2O2/c1-14-9-10(5-6-12(14)15)13-8-11-4-2-3-7-16-11/h3,5-7,9,11,13H,2,4,8H2,1H3. The first-order valence-corrected chi connectivity index (χ1v) is 5.47. The second kappa shape index (κ2) is 4.88. The number of rotatable bonds is 3. The first-order valence-electron chi connectivity index (χ1n) is 5.47. The van der Waals surface area contributed by atoms with Crippen molar-refractivity contribution in [3.63, 3.8) is 0 Å². The Morgan fingerprint density at radius 2 is 2.44 bits per heavy atom. The molecule has 16 heavy (non-hydrogen) atoms. The minimum Gasteiger partial charge on any atom is -0.497 e. The first kappa shape index (κ1) is 10.8. The Hall–Kier alpha value is -1.71. The van der Waals surface area contributed by atoms with Gasteiger partial charge < -0.3 is 14.6 Å². The van der Waals surface area contributed by atoms with Crippen LogP contribution in [0.1, 0.15) is 12.8 Å². The van der Waals surface area contributed by atoms with Crippen LogP contribution in [0.3, 0.4) is 0 Å². The van der Waals surface area contributed by atoms with Crippen LogP contribution in [0, 0.1) is 0 Å². The summed E-state index contributed by atoms with van der Waals surface area (Å²) in [5.41, 5.74) is 0.947. The molecule has 0 fully saturated rings. The van der Waals surface area contributed by atoms with Crippen LogP contribution >= 0.6 is 0 Å². The van der Waals surface area contributed by atoms with Crippen LogP contribution in [0.15, 0.2) is 35.5 Å². The third-order valence-corrected chi connectivity index (χ3v) is 2.64. The molecule has 1 unspecified atom stereocenters. The molecule has 0 aromatic carbocycles. The molecule has 1 N–H and O–H groups in total. The number of aromatic nitrogens is 1. The molecule has 0 radical (unpaired) electrons. The van der Waals surface area contributed by atoms with Crippen LogP contribution in [0.2, 0.25) is 0 Å². The van der Waals surface area contributed by atoms with Crippen molar-refractivity contribution >= 4 is 5.69 Å². The summed E-state index contributed by atoms with van der Waals surface area (Å²) in [6, 6.07) is 3.35. The van der Waals surface area contributed by atoms with Gasteiger partial charge in [-0.05, 0) is 25.0 Å². The van der Waals surface area contributed by atoms with Gasteiger partial charge >= 0.3 is 0 Å². The summed E-state index contributed by atoms with van der Waals surface area (Å²) < 4.78 is 7.00. The van der Waals surface area contributed by atoms with E-state index in [9.17, 15) is 4.79 Å². The number of pyridine rings is 1. The third kappa shape index (κ3) is 2.66. The number of anilines is 1. The molecule has 0 amide bonds. The minimum absolute atomic E-state index is 0.00222. The second-order valence-electron chi connectivity index (χ2n) is 3.96. The van der Waals surface area contributed by atoms with Crippen LogP contribution < -0.4 is 10.9 Å². The summed E-state index contributed by atoms with van der Waals surface area (Å²) >= 11 is 0. The molecule has 1 aliphatic rings. The number of nitrogens with zero attached hydrogens (tertiary/aromatic N) is 1. The maximum atomic E-state index is 11.2. The lowest BCUT2D eigenvalue weighted by atomic mass is 10.1. The number of ether oxygens (including phenoxy) is 1. The molecular weight excluding hydrogens is 204 g/mol. The van der Waals surface area contributed by atoms with Crippen molar-refractivity contribution in [2.45, 2.75) is 18.9 Å². The van der Waals surface area contributed by atoms with Gasteiger partial charge in [0.1, 0.15) is 6.10 Å². The van der Waals surface area contributed by atoms with Crippen LogP contribution in [0.25, 0.3) is 0 Å². The predicted octanol–water partition coefficient (Wildman–Crippen LogP) is 1.49. The number of aryl methyl sites for hydroxylation is 1. The average Bonchev–Trinajstić information content (AvgIpc) is 2.32. The normalized spacial score (nSPS) is 19.2. The average molecular weight is 220 g/mol. The highest BCUT2D eigenvalue weighted by Crippen LogP contribution is 2.11. The second-order valence-corrected chi connectivity index (χ2v) is 3.96. The van der Waals surface area contributed by atoms with Gasteiger partial charge in [-0.15, -0.1) is 0 Å². The summed E-state index contributed by atoms with van der Waals surface area (Å²) in [5, 5.41) is 3.26. The molecule has 1 aromatic heterocycles. The molecule has 0 aliphatic carbocycles. The fourth-order valence-corrected chi connectivity index (χ4v) is 1.67. The molecule has 4 heteroatoms. The molecule has 2 rings (SSSR count). The smallest absolute Gasteiger partial charge is 0.250 e. The lowest BCUT2D eigenvalue weighted by Crippen LogP contribution is -2.24. The zero-order valence-corrected chi connectivity index (χ0v) is 9.35. The SMILES string of the molecule is Cn1cc(NCC2CCC=CO2)ccc1=O. The van der Waals surface area contributed by atoms with Gasteiger partial charge in [-0.25, -0.2) is 0 Å². The topological polar surface area (TPSA) is 43.3 Å². The Bertz CT molecular complexity index is 437. The monoisotopic (exact) mass is 220 g/mol. The maximum Gasteiger partial charge on any atom is 0.250 e. The summed E-state index contributed by atoms with van der Waals surface area (Å²) in [4.78, 5) is 11.2. The van der Waals surface area contributed by atoms with Crippen molar-refractivity contribution in [3.05, 3.63) is 41.0 Å². The number of allylic oxidation sites excluding steroid dienone is 1. The molecule has 2 heterocycles. The minimum atomic E-state index is 0.00222. The summed E-state index contributed by atoms with van der Waals surface area (Å²) in [7, 11) is 1.74. The summed E-state index contributed by atoms with van der Waals surface area (Å²) in [5.74, 6) is 0. The molecule has 1 aliphatic heterocycles. The van der Waals surface area contributed by atoms with E-state index in [1.54, 1.807) is 36.2 Å². The lowest BCUT2D eigenvalue weighted by Gasteiger charge is -2.20. The lowest BCUT2D eigenvalue weighted by molar-refractivity contribution is 0.135. The van der Waals surface area contributed by atoms with E-state index in [-0.39, 0.29) is 11.7 Å². The molecule has 86 valence electrons. The Balaban J connectivity index is 1.91. The molecule has 4 nitrogen and oxygen atoms in total.